The Hall–Kier alpha value is -2.05. The minimum Gasteiger partial charge on any atom is -0.368 e. The van der Waals surface area contributed by atoms with Crippen LogP contribution in [0.1, 0.15) is 23.7 Å². The standard InChI is InChI=1S/C11H11F3N2O2/c1-2-8(10(15)17)16-11(18)9-6(13)3-5(12)4-7(9)14/h3-4,8H,2H2,1H3,(H2,15,17)(H,16,18)/t8-/m1/s1. The zero-order valence-corrected chi connectivity index (χ0v) is 9.47. The Balaban J connectivity index is 3.01. The molecule has 1 rings (SSSR count). The van der Waals surface area contributed by atoms with Gasteiger partial charge in [-0.2, -0.15) is 0 Å². The van der Waals surface area contributed by atoms with E-state index in [4.69, 9.17) is 5.73 Å². The number of rotatable bonds is 4. The number of carbonyl (C=O) groups excluding carboxylic acids is 2. The molecule has 0 saturated carbocycles. The lowest BCUT2D eigenvalue weighted by Gasteiger charge is -2.13. The minimum atomic E-state index is -1.34. The first kappa shape index (κ1) is 14.0. The topological polar surface area (TPSA) is 72.2 Å². The van der Waals surface area contributed by atoms with E-state index in [1.54, 1.807) is 6.92 Å². The molecule has 0 heterocycles. The maximum absolute atomic E-state index is 13.3. The van der Waals surface area contributed by atoms with Gasteiger partial charge in [0, 0.05) is 12.1 Å². The Morgan fingerprint density at radius 2 is 1.78 bits per heavy atom. The van der Waals surface area contributed by atoms with Crippen LogP contribution in [0.4, 0.5) is 13.2 Å². The van der Waals surface area contributed by atoms with Crippen molar-refractivity contribution in [2.24, 2.45) is 5.73 Å². The first-order chi connectivity index (χ1) is 8.36. The van der Waals surface area contributed by atoms with Crippen molar-refractivity contribution in [2.45, 2.75) is 19.4 Å². The van der Waals surface area contributed by atoms with E-state index in [-0.39, 0.29) is 6.42 Å². The van der Waals surface area contributed by atoms with Gasteiger partial charge >= 0.3 is 0 Å². The molecule has 0 spiro atoms. The van der Waals surface area contributed by atoms with Crippen LogP contribution in [0.25, 0.3) is 0 Å². The van der Waals surface area contributed by atoms with Crippen LogP contribution in [0, 0.1) is 17.5 Å². The zero-order valence-electron chi connectivity index (χ0n) is 9.47. The van der Waals surface area contributed by atoms with Gasteiger partial charge in [-0.15, -0.1) is 0 Å². The summed E-state index contributed by atoms with van der Waals surface area (Å²) in [5.74, 6) is -5.80. The van der Waals surface area contributed by atoms with E-state index in [2.05, 4.69) is 5.32 Å². The number of carbonyl (C=O) groups is 2. The van der Waals surface area contributed by atoms with E-state index < -0.39 is 40.9 Å². The monoisotopic (exact) mass is 260 g/mol. The summed E-state index contributed by atoms with van der Waals surface area (Å²) < 4.78 is 39.2. The highest BCUT2D eigenvalue weighted by Gasteiger charge is 2.23. The summed E-state index contributed by atoms with van der Waals surface area (Å²) in [6.07, 6.45) is 0.172. The Morgan fingerprint density at radius 3 is 2.17 bits per heavy atom. The highest BCUT2D eigenvalue weighted by molar-refractivity contribution is 5.97. The lowest BCUT2D eigenvalue weighted by molar-refractivity contribution is -0.119. The molecule has 4 nitrogen and oxygen atoms in total. The molecule has 0 aliphatic rings. The molecule has 0 aromatic heterocycles. The summed E-state index contributed by atoms with van der Waals surface area (Å²) in [6.45, 7) is 1.56. The van der Waals surface area contributed by atoms with Crippen LogP contribution in [-0.2, 0) is 4.79 Å². The average Bonchev–Trinajstić information content (AvgIpc) is 2.23. The third-order valence-corrected chi connectivity index (χ3v) is 2.29. The zero-order chi connectivity index (χ0) is 13.9. The fourth-order valence-corrected chi connectivity index (χ4v) is 1.36. The van der Waals surface area contributed by atoms with Gasteiger partial charge in [0.1, 0.15) is 29.1 Å². The van der Waals surface area contributed by atoms with Gasteiger partial charge in [0.25, 0.3) is 5.91 Å². The molecule has 1 atom stereocenters. The molecule has 18 heavy (non-hydrogen) atoms. The molecule has 0 unspecified atom stereocenters. The summed E-state index contributed by atoms with van der Waals surface area (Å²) in [6, 6.07) is -0.284. The molecular formula is C11H11F3N2O2. The van der Waals surface area contributed by atoms with Crippen LogP contribution in [0.15, 0.2) is 12.1 Å². The first-order valence-corrected chi connectivity index (χ1v) is 5.11. The van der Waals surface area contributed by atoms with E-state index in [0.717, 1.165) is 0 Å². The lowest BCUT2D eigenvalue weighted by atomic mass is 10.1. The van der Waals surface area contributed by atoms with Crippen molar-refractivity contribution >= 4 is 11.8 Å². The Morgan fingerprint density at radius 1 is 1.28 bits per heavy atom. The summed E-state index contributed by atoms with van der Waals surface area (Å²) >= 11 is 0. The second kappa shape index (κ2) is 5.52. The quantitative estimate of drug-likeness (QED) is 0.850. The number of hydrogen-bond acceptors (Lipinski definition) is 2. The van der Waals surface area contributed by atoms with Crippen LogP contribution in [0.5, 0.6) is 0 Å². The van der Waals surface area contributed by atoms with Gasteiger partial charge in [0.05, 0.1) is 0 Å². The van der Waals surface area contributed by atoms with Crippen molar-refractivity contribution in [1.82, 2.24) is 5.32 Å². The molecule has 98 valence electrons. The van der Waals surface area contributed by atoms with Gasteiger partial charge in [0.15, 0.2) is 0 Å². The largest absolute Gasteiger partial charge is 0.368 e. The Bertz CT molecular complexity index is 468. The van der Waals surface area contributed by atoms with Gasteiger partial charge < -0.3 is 11.1 Å². The van der Waals surface area contributed by atoms with E-state index in [1.165, 1.54) is 0 Å². The van der Waals surface area contributed by atoms with Crippen LogP contribution in [0.3, 0.4) is 0 Å². The van der Waals surface area contributed by atoms with Crippen molar-refractivity contribution in [3.63, 3.8) is 0 Å². The molecule has 0 bridgehead atoms. The molecule has 1 aromatic carbocycles. The van der Waals surface area contributed by atoms with Gasteiger partial charge in [-0.3, -0.25) is 9.59 Å². The van der Waals surface area contributed by atoms with E-state index >= 15 is 0 Å². The van der Waals surface area contributed by atoms with E-state index in [9.17, 15) is 22.8 Å². The molecule has 0 saturated heterocycles. The van der Waals surface area contributed by atoms with Crippen molar-refractivity contribution in [3.05, 3.63) is 35.1 Å². The van der Waals surface area contributed by atoms with Crippen LogP contribution >= 0.6 is 0 Å². The second-order valence-corrected chi connectivity index (χ2v) is 3.58. The van der Waals surface area contributed by atoms with Crippen LogP contribution in [0.2, 0.25) is 0 Å². The normalized spacial score (nSPS) is 12.0. The summed E-state index contributed by atoms with van der Waals surface area (Å²) in [5, 5.41) is 2.07. The third-order valence-electron chi connectivity index (χ3n) is 2.29. The number of halogens is 3. The fraction of sp³-hybridized carbons (Fsp3) is 0.273. The third kappa shape index (κ3) is 2.99. The maximum atomic E-state index is 13.3. The van der Waals surface area contributed by atoms with Crippen molar-refractivity contribution < 1.29 is 22.8 Å². The number of primary amides is 1. The molecule has 0 aliphatic carbocycles. The molecule has 0 aliphatic heterocycles. The molecule has 7 heteroatoms. The Labute approximate surface area is 101 Å². The van der Waals surface area contributed by atoms with Gasteiger partial charge in [-0.05, 0) is 6.42 Å². The average molecular weight is 260 g/mol. The van der Waals surface area contributed by atoms with Gasteiger partial charge in [-0.25, -0.2) is 13.2 Å². The SMILES string of the molecule is CC[C@@H](NC(=O)c1c(F)cc(F)cc1F)C(N)=O. The van der Waals surface area contributed by atoms with E-state index in [1.807, 2.05) is 0 Å². The lowest BCUT2D eigenvalue weighted by Crippen LogP contribution is -2.44. The number of nitrogens with two attached hydrogens (primary N) is 1. The molecular weight excluding hydrogens is 249 g/mol. The second-order valence-electron chi connectivity index (χ2n) is 3.58. The highest BCUT2D eigenvalue weighted by Crippen LogP contribution is 2.14. The predicted octanol–water partition coefficient (Wildman–Crippen LogP) is 1.10. The summed E-state index contributed by atoms with van der Waals surface area (Å²) in [5.41, 5.74) is 4.02. The number of benzene rings is 1. The van der Waals surface area contributed by atoms with Crippen molar-refractivity contribution in [3.8, 4) is 0 Å². The van der Waals surface area contributed by atoms with Crippen molar-refractivity contribution in [1.29, 1.82) is 0 Å². The van der Waals surface area contributed by atoms with Gasteiger partial charge in [-0.1, -0.05) is 6.92 Å². The number of hydrogen-bond donors (Lipinski definition) is 2. The Kier molecular flexibility index (Phi) is 4.30. The van der Waals surface area contributed by atoms with Crippen LogP contribution in [-0.4, -0.2) is 17.9 Å². The molecule has 0 radical (unpaired) electrons. The molecule has 0 fully saturated rings. The van der Waals surface area contributed by atoms with Gasteiger partial charge in [0.2, 0.25) is 5.91 Å². The van der Waals surface area contributed by atoms with E-state index in [0.29, 0.717) is 12.1 Å². The molecule has 2 amide bonds. The highest BCUT2D eigenvalue weighted by atomic mass is 19.1. The first-order valence-electron chi connectivity index (χ1n) is 5.11. The number of nitrogens with one attached hydrogen (secondary N) is 1. The van der Waals surface area contributed by atoms with Crippen molar-refractivity contribution in [2.75, 3.05) is 0 Å². The summed E-state index contributed by atoms with van der Waals surface area (Å²) in [4.78, 5) is 22.4. The fourth-order valence-electron chi connectivity index (χ4n) is 1.36. The molecule has 3 N–H and O–H groups in total. The smallest absolute Gasteiger partial charge is 0.257 e. The van der Waals surface area contributed by atoms with Crippen LogP contribution < -0.4 is 11.1 Å². The maximum Gasteiger partial charge on any atom is 0.257 e. The predicted molar refractivity (Wildman–Crippen MR) is 57.1 cm³/mol. The minimum absolute atomic E-state index is 0.172. The number of amides is 2. The summed E-state index contributed by atoms with van der Waals surface area (Å²) in [7, 11) is 0. The molecule has 1 aromatic rings.